The fourth-order valence-corrected chi connectivity index (χ4v) is 4.37. The summed E-state index contributed by atoms with van der Waals surface area (Å²) < 4.78 is 2.28. The van der Waals surface area contributed by atoms with Crippen LogP contribution < -0.4 is 0 Å². The average Bonchev–Trinajstić information content (AvgIpc) is 3.06. The summed E-state index contributed by atoms with van der Waals surface area (Å²) in [6, 6.07) is 20.9. The highest BCUT2D eigenvalue weighted by molar-refractivity contribution is 14.1. The first-order valence-corrected chi connectivity index (χ1v) is 9.42. The van der Waals surface area contributed by atoms with Gasteiger partial charge in [-0.3, -0.25) is 10.1 Å². The SMILES string of the molecule is O=[N+]([O-])c1ccc(-c2nc3c(-c4ccccc4I)cccc3s2)cc1. The number of fused-ring (bicyclic) bond motifs is 1. The Bertz CT molecular complexity index is 1090. The Morgan fingerprint density at radius 2 is 1.64 bits per heavy atom. The number of hydrogen-bond acceptors (Lipinski definition) is 4. The van der Waals surface area contributed by atoms with E-state index >= 15 is 0 Å². The lowest BCUT2D eigenvalue weighted by molar-refractivity contribution is -0.384. The molecule has 0 unspecified atom stereocenters. The molecule has 0 aliphatic rings. The standard InChI is InChI=1S/C19H11IN2O2S/c20-16-6-2-1-4-14(16)15-5-3-7-17-18(15)21-19(25-17)12-8-10-13(11-9-12)22(23)24/h1-11H. The quantitative estimate of drug-likeness (QED) is 0.211. The molecule has 0 saturated heterocycles. The highest BCUT2D eigenvalue weighted by Crippen LogP contribution is 2.37. The molecular weight excluding hydrogens is 447 g/mol. The third-order valence-electron chi connectivity index (χ3n) is 3.91. The first kappa shape index (κ1) is 16.2. The highest BCUT2D eigenvalue weighted by atomic mass is 127. The van der Waals surface area contributed by atoms with Gasteiger partial charge in [0, 0.05) is 26.8 Å². The Labute approximate surface area is 161 Å². The number of aromatic nitrogens is 1. The van der Waals surface area contributed by atoms with Crippen molar-refractivity contribution in [1.29, 1.82) is 0 Å². The van der Waals surface area contributed by atoms with Gasteiger partial charge in [0.05, 0.1) is 15.1 Å². The Hall–Kier alpha value is -2.32. The first-order valence-electron chi connectivity index (χ1n) is 7.53. The van der Waals surface area contributed by atoms with E-state index in [1.54, 1.807) is 23.5 Å². The normalized spacial score (nSPS) is 10.9. The van der Waals surface area contributed by atoms with Crippen molar-refractivity contribution < 1.29 is 4.92 Å². The number of nitro benzene ring substituents is 1. The van der Waals surface area contributed by atoms with Crippen LogP contribution in [0.15, 0.2) is 66.7 Å². The smallest absolute Gasteiger partial charge is 0.258 e. The van der Waals surface area contributed by atoms with Gasteiger partial charge in [0.25, 0.3) is 5.69 Å². The highest BCUT2D eigenvalue weighted by Gasteiger charge is 2.13. The lowest BCUT2D eigenvalue weighted by Crippen LogP contribution is -1.87. The van der Waals surface area contributed by atoms with Crippen LogP contribution >= 0.6 is 33.9 Å². The molecular formula is C19H11IN2O2S. The monoisotopic (exact) mass is 458 g/mol. The fourth-order valence-electron chi connectivity index (χ4n) is 2.69. The maximum absolute atomic E-state index is 10.8. The van der Waals surface area contributed by atoms with Gasteiger partial charge in [0.2, 0.25) is 0 Å². The van der Waals surface area contributed by atoms with E-state index in [0.29, 0.717) is 0 Å². The van der Waals surface area contributed by atoms with Gasteiger partial charge < -0.3 is 0 Å². The lowest BCUT2D eigenvalue weighted by atomic mass is 10.0. The van der Waals surface area contributed by atoms with Crippen molar-refractivity contribution in [2.24, 2.45) is 0 Å². The minimum absolute atomic E-state index is 0.0874. The van der Waals surface area contributed by atoms with Crippen molar-refractivity contribution >= 4 is 49.8 Å². The van der Waals surface area contributed by atoms with E-state index in [1.165, 1.54) is 15.7 Å². The molecule has 0 aliphatic heterocycles. The molecule has 0 aliphatic carbocycles. The molecule has 6 heteroatoms. The molecule has 4 nitrogen and oxygen atoms in total. The molecule has 0 atom stereocenters. The minimum atomic E-state index is -0.391. The maximum atomic E-state index is 10.8. The van der Waals surface area contributed by atoms with Crippen molar-refractivity contribution in [3.8, 4) is 21.7 Å². The van der Waals surface area contributed by atoms with Crippen LogP contribution in [0.4, 0.5) is 5.69 Å². The number of nitro groups is 1. The predicted molar refractivity (Wildman–Crippen MR) is 110 cm³/mol. The van der Waals surface area contributed by atoms with Gasteiger partial charge in [-0.25, -0.2) is 4.98 Å². The van der Waals surface area contributed by atoms with E-state index in [1.807, 2.05) is 18.2 Å². The summed E-state index contributed by atoms with van der Waals surface area (Å²) >= 11 is 3.93. The van der Waals surface area contributed by atoms with Crippen LogP contribution in [0.2, 0.25) is 0 Å². The molecule has 122 valence electrons. The summed E-state index contributed by atoms with van der Waals surface area (Å²) in [7, 11) is 0. The number of halogens is 1. The van der Waals surface area contributed by atoms with Gasteiger partial charge in [-0.15, -0.1) is 11.3 Å². The summed E-state index contributed by atoms with van der Waals surface area (Å²) in [5.41, 5.74) is 4.20. The second-order valence-electron chi connectivity index (χ2n) is 5.46. The average molecular weight is 458 g/mol. The van der Waals surface area contributed by atoms with Gasteiger partial charge in [-0.1, -0.05) is 30.3 Å². The molecule has 3 aromatic carbocycles. The van der Waals surface area contributed by atoms with E-state index in [-0.39, 0.29) is 5.69 Å². The van der Waals surface area contributed by atoms with Crippen molar-refractivity contribution in [2.75, 3.05) is 0 Å². The molecule has 0 spiro atoms. The van der Waals surface area contributed by atoms with Crippen LogP contribution in [0.5, 0.6) is 0 Å². The summed E-state index contributed by atoms with van der Waals surface area (Å²) in [6.07, 6.45) is 0. The Balaban J connectivity index is 1.85. The summed E-state index contributed by atoms with van der Waals surface area (Å²) in [5.74, 6) is 0. The van der Waals surface area contributed by atoms with Crippen molar-refractivity contribution in [1.82, 2.24) is 4.98 Å². The van der Waals surface area contributed by atoms with Gasteiger partial charge in [-0.2, -0.15) is 0 Å². The van der Waals surface area contributed by atoms with E-state index in [2.05, 4.69) is 46.9 Å². The number of rotatable bonds is 3. The molecule has 4 aromatic rings. The third-order valence-corrected chi connectivity index (χ3v) is 5.92. The van der Waals surface area contributed by atoms with Crippen LogP contribution in [0.1, 0.15) is 0 Å². The fraction of sp³-hybridized carbons (Fsp3) is 0. The number of hydrogen-bond donors (Lipinski definition) is 0. The van der Waals surface area contributed by atoms with Crippen molar-refractivity contribution in [3.63, 3.8) is 0 Å². The Morgan fingerprint density at radius 1 is 0.920 bits per heavy atom. The van der Waals surface area contributed by atoms with Crippen LogP contribution in [-0.4, -0.2) is 9.91 Å². The first-order chi connectivity index (χ1) is 12.1. The molecule has 0 bridgehead atoms. The molecule has 0 fully saturated rings. The number of thiazole rings is 1. The Morgan fingerprint density at radius 3 is 2.36 bits per heavy atom. The van der Waals surface area contributed by atoms with E-state index in [4.69, 9.17) is 4.98 Å². The zero-order chi connectivity index (χ0) is 17.4. The number of non-ortho nitro benzene ring substituents is 1. The van der Waals surface area contributed by atoms with Gasteiger partial charge >= 0.3 is 0 Å². The molecule has 1 aromatic heterocycles. The number of benzene rings is 3. The van der Waals surface area contributed by atoms with E-state index in [0.717, 1.165) is 31.9 Å². The second-order valence-corrected chi connectivity index (χ2v) is 7.65. The van der Waals surface area contributed by atoms with Crippen molar-refractivity contribution in [3.05, 3.63) is 80.4 Å². The van der Waals surface area contributed by atoms with Crippen LogP contribution in [-0.2, 0) is 0 Å². The van der Waals surface area contributed by atoms with E-state index < -0.39 is 4.92 Å². The zero-order valence-corrected chi connectivity index (χ0v) is 15.8. The third kappa shape index (κ3) is 3.03. The van der Waals surface area contributed by atoms with Gasteiger partial charge in [-0.05, 0) is 52.4 Å². The zero-order valence-electron chi connectivity index (χ0n) is 12.8. The predicted octanol–water partition coefficient (Wildman–Crippen LogP) is 6.14. The topological polar surface area (TPSA) is 56.0 Å². The second kappa shape index (κ2) is 6.53. The summed E-state index contributed by atoms with van der Waals surface area (Å²) in [4.78, 5) is 15.2. The lowest BCUT2D eigenvalue weighted by Gasteiger charge is -2.05. The molecule has 4 rings (SSSR count). The van der Waals surface area contributed by atoms with Crippen molar-refractivity contribution in [2.45, 2.75) is 0 Å². The molecule has 0 saturated carbocycles. The summed E-state index contributed by atoms with van der Waals surface area (Å²) in [5, 5.41) is 11.7. The largest absolute Gasteiger partial charge is 0.269 e. The Kier molecular flexibility index (Phi) is 4.22. The van der Waals surface area contributed by atoms with Crippen LogP contribution in [0.3, 0.4) is 0 Å². The molecule has 25 heavy (non-hydrogen) atoms. The number of para-hydroxylation sites is 1. The molecule has 0 radical (unpaired) electrons. The van der Waals surface area contributed by atoms with Crippen LogP contribution in [0, 0.1) is 13.7 Å². The minimum Gasteiger partial charge on any atom is -0.258 e. The van der Waals surface area contributed by atoms with E-state index in [9.17, 15) is 10.1 Å². The van der Waals surface area contributed by atoms with Gasteiger partial charge in [0.1, 0.15) is 5.01 Å². The van der Waals surface area contributed by atoms with Gasteiger partial charge in [0.15, 0.2) is 0 Å². The maximum Gasteiger partial charge on any atom is 0.269 e. The molecule has 1 heterocycles. The van der Waals surface area contributed by atoms with Crippen LogP contribution in [0.25, 0.3) is 31.9 Å². The molecule has 0 amide bonds. The summed E-state index contributed by atoms with van der Waals surface area (Å²) in [6.45, 7) is 0. The molecule has 0 N–H and O–H groups in total. The number of nitrogens with zero attached hydrogens (tertiary/aromatic N) is 2.